The molecule has 0 aromatic rings. The molecule has 1 radical (unpaired) electrons. The molecule has 1 rings (SSSR count). The third-order valence-electron chi connectivity index (χ3n) is 4.08. The van der Waals surface area contributed by atoms with Crippen LogP contribution in [0.25, 0.3) is 0 Å². The Morgan fingerprint density at radius 2 is 1.14 bits per heavy atom. The van der Waals surface area contributed by atoms with Crippen molar-refractivity contribution < 1.29 is 0 Å². The van der Waals surface area contributed by atoms with Gasteiger partial charge in [0.2, 0.25) is 0 Å². The van der Waals surface area contributed by atoms with Gasteiger partial charge in [0.15, 0.2) is 0 Å². The van der Waals surface area contributed by atoms with Gasteiger partial charge in [0.05, 0.1) is 0 Å². The third kappa shape index (κ3) is 5.05. The molecule has 6 heteroatoms. The van der Waals surface area contributed by atoms with Crippen molar-refractivity contribution in [2.45, 2.75) is 80.1 Å². The molecule has 1 aliphatic rings. The number of hydrogen-bond acceptors (Lipinski definition) is 3. The maximum atomic E-state index is 3.17. The maximum absolute atomic E-state index is 3.17. The fourth-order valence-corrected chi connectivity index (χ4v) is 34.3. The van der Waals surface area contributed by atoms with Crippen molar-refractivity contribution in [2.75, 3.05) is 13.1 Å². The Kier molecular flexibility index (Phi) is 7.27. The first-order valence-corrected chi connectivity index (χ1v) is 19.7. The van der Waals surface area contributed by atoms with E-state index in [1.165, 1.54) is 13.1 Å². The molecule has 1 fully saturated rings. The molecule has 0 unspecified atom stereocenters. The molecule has 1 aliphatic heterocycles. The number of hydrogen-bond donors (Lipinski definition) is 0. The van der Waals surface area contributed by atoms with Gasteiger partial charge in [-0.2, -0.15) is 0 Å². The Balaban J connectivity index is 3.13. The van der Waals surface area contributed by atoms with E-state index < -0.39 is 37.1 Å². The van der Waals surface area contributed by atoms with Gasteiger partial charge >= 0.3 is 151 Å². The van der Waals surface area contributed by atoms with E-state index in [1.54, 1.807) is 0 Å². The summed E-state index contributed by atoms with van der Waals surface area (Å²) in [6.07, 6.45) is 0.675. The predicted molar refractivity (Wildman–Crippen MR) is 107 cm³/mol. The van der Waals surface area contributed by atoms with Crippen LogP contribution in [-0.4, -0.2) is 65.0 Å². The van der Waals surface area contributed by atoms with Crippen molar-refractivity contribution in [3.05, 3.63) is 0 Å². The van der Waals surface area contributed by atoms with Crippen molar-refractivity contribution in [3.8, 4) is 0 Å². The zero-order valence-corrected chi connectivity index (χ0v) is 21.8. The average molecular weight is 449 g/mol. The fraction of sp³-hybridized carbons (Fsp3) is 1.00. The molecule has 1 heterocycles. The van der Waals surface area contributed by atoms with E-state index >= 15 is 0 Å². The normalized spacial score (nSPS) is 20.5. The Hall–Kier alpha value is 1.11. The molecular weight excluding hydrogens is 409 g/mol. The van der Waals surface area contributed by atoms with E-state index in [4.69, 9.17) is 0 Å². The van der Waals surface area contributed by atoms with Crippen molar-refractivity contribution in [3.63, 3.8) is 0 Å². The van der Waals surface area contributed by atoms with Crippen LogP contribution < -0.4 is 0 Å². The molecule has 3 nitrogen and oxygen atoms in total. The second kappa shape index (κ2) is 7.56. The Bertz CT molecular complexity index is 331. The molecule has 0 bridgehead atoms. The van der Waals surface area contributed by atoms with Gasteiger partial charge in [0.1, 0.15) is 0 Å². The van der Waals surface area contributed by atoms with Gasteiger partial charge < -0.3 is 0 Å². The van der Waals surface area contributed by atoms with Crippen molar-refractivity contribution in [1.29, 1.82) is 0 Å². The van der Waals surface area contributed by atoms with Crippen LogP contribution in [0.5, 0.6) is 0 Å². The Labute approximate surface area is 150 Å². The van der Waals surface area contributed by atoms with E-state index in [1.807, 2.05) is 0 Å². The van der Waals surface area contributed by atoms with Crippen LogP contribution in [-0.2, 0) is 0 Å². The van der Waals surface area contributed by atoms with Crippen LogP contribution in [0.2, 0.25) is 39.3 Å². The van der Waals surface area contributed by atoms with E-state index in [0.717, 1.165) is 11.8 Å². The molecule has 0 aliphatic carbocycles. The zero-order valence-electron chi connectivity index (χ0n) is 17.0. The Morgan fingerprint density at radius 3 is 1.36 bits per heavy atom. The number of rotatable bonds is 7. The summed E-state index contributed by atoms with van der Waals surface area (Å²) in [5, 5.41) is 0. The summed E-state index contributed by atoms with van der Waals surface area (Å²) < 4.78 is 9.07. The van der Waals surface area contributed by atoms with E-state index in [0.29, 0.717) is 6.17 Å². The molecule has 131 valence electrons. The zero-order chi connectivity index (χ0) is 17.5. The van der Waals surface area contributed by atoms with Gasteiger partial charge in [0, 0.05) is 0 Å². The molecule has 0 spiro atoms. The minimum atomic E-state index is -1.84. The summed E-state index contributed by atoms with van der Waals surface area (Å²) in [5.74, 6) is 1.56. The van der Waals surface area contributed by atoms with Gasteiger partial charge in [-0.25, -0.2) is 0 Å². The second-order valence-electron chi connectivity index (χ2n) is 9.70. The second-order valence-corrected chi connectivity index (χ2v) is 28.5. The first kappa shape index (κ1) is 21.2. The van der Waals surface area contributed by atoms with Gasteiger partial charge in [-0.1, -0.05) is 0 Å². The van der Waals surface area contributed by atoms with Gasteiger partial charge in [-0.05, 0) is 0 Å². The molecule has 22 heavy (non-hydrogen) atoms. The standard InChI is InChI=1S/C10H22N2.C6H18NSi2.Sn/c1-8(2)6-11-10(5)12-7-9(3)4;1-8(2,3)7-9(4,5)6;/h8-10H,6-7H2,1-5H3;1-6H3;/q-2;-1;+3. The predicted octanol–water partition coefficient (Wildman–Crippen LogP) is 4.22. The topological polar surface area (TPSA) is 9.72 Å². The van der Waals surface area contributed by atoms with Crippen molar-refractivity contribution >= 4 is 37.1 Å². The van der Waals surface area contributed by atoms with Crippen LogP contribution in [0.3, 0.4) is 0 Å². The molecular formula is C16H40N3Si2Sn. The van der Waals surface area contributed by atoms with Crippen molar-refractivity contribution in [2.24, 2.45) is 11.8 Å². The quantitative estimate of drug-likeness (QED) is 0.539. The molecule has 0 N–H and O–H groups in total. The van der Waals surface area contributed by atoms with Gasteiger partial charge in [0.25, 0.3) is 0 Å². The summed E-state index contributed by atoms with van der Waals surface area (Å²) in [7, 11) is -2.54. The molecule has 0 saturated carbocycles. The van der Waals surface area contributed by atoms with Gasteiger partial charge in [-0.3, -0.25) is 0 Å². The molecule has 1 saturated heterocycles. The van der Waals surface area contributed by atoms with Crippen molar-refractivity contribution in [1.82, 2.24) is 8.70 Å². The summed E-state index contributed by atoms with van der Waals surface area (Å²) in [6, 6.07) is 0. The van der Waals surface area contributed by atoms with E-state index in [9.17, 15) is 0 Å². The van der Waals surface area contributed by atoms with Gasteiger partial charge in [-0.15, -0.1) is 0 Å². The molecule has 0 atom stereocenters. The molecule has 0 aromatic carbocycles. The van der Waals surface area contributed by atoms with Crippen LogP contribution in [0, 0.1) is 11.8 Å². The molecule has 0 amide bonds. The summed E-state index contributed by atoms with van der Waals surface area (Å²) in [6.45, 7) is 30.0. The SMILES string of the molecule is CC(C)C[N]1C(C)[N](CC(C)C)[Sn]1[N]([Si](C)(C)C)[Si](C)(C)C. The fourth-order valence-electron chi connectivity index (χ4n) is 3.73. The first-order valence-electron chi connectivity index (χ1n) is 8.97. The minimum absolute atomic E-state index is 0.675. The van der Waals surface area contributed by atoms with Crippen LogP contribution >= 0.6 is 0 Å². The summed E-state index contributed by atoms with van der Waals surface area (Å²) in [4.78, 5) is 0. The monoisotopic (exact) mass is 450 g/mol. The van der Waals surface area contributed by atoms with Crippen LogP contribution in [0.4, 0.5) is 0 Å². The van der Waals surface area contributed by atoms with E-state index in [-0.39, 0.29) is 0 Å². The first-order chi connectivity index (χ1) is 9.76. The Morgan fingerprint density at radius 1 is 0.818 bits per heavy atom. The van der Waals surface area contributed by atoms with Crippen LogP contribution in [0.15, 0.2) is 0 Å². The summed E-state index contributed by atoms with van der Waals surface area (Å²) >= 11 is -1.84. The summed E-state index contributed by atoms with van der Waals surface area (Å²) in [5.41, 5.74) is 0. The molecule has 0 aromatic heterocycles. The van der Waals surface area contributed by atoms with Crippen LogP contribution in [0.1, 0.15) is 34.6 Å². The third-order valence-corrected chi connectivity index (χ3v) is 32.2. The number of nitrogens with zero attached hydrogens (tertiary/aromatic N) is 3. The van der Waals surface area contributed by atoms with E-state index in [2.05, 4.69) is 82.6 Å². The average Bonchev–Trinajstić information content (AvgIpc) is 2.27.